The highest BCUT2D eigenvalue weighted by atomic mass is 16.2. The third kappa shape index (κ3) is 2.26. The molecule has 3 rings (SSSR count). The van der Waals surface area contributed by atoms with Crippen LogP contribution in [0.1, 0.15) is 31.8 Å². The molecule has 0 aliphatic carbocycles. The third-order valence-corrected chi connectivity index (χ3v) is 3.30. The van der Waals surface area contributed by atoms with Crippen LogP contribution in [0.4, 0.5) is 0 Å². The van der Waals surface area contributed by atoms with E-state index in [4.69, 9.17) is 0 Å². The first-order chi connectivity index (χ1) is 9.75. The van der Waals surface area contributed by atoms with Crippen molar-refractivity contribution in [1.82, 2.24) is 5.32 Å². The molecule has 98 valence electrons. The van der Waals surface area contributed by atoms with Gasteiger partial charge in [-0.2, -0.15) is 0 Å². The first kappa shape index (κ1) is 12.4. The van der Waals surface area contributed by atoms with Gasteiger partial charge in [0.25, 0.3) is 11.8 Å². The number of hydrogen-bond acceptors (Lipinski definition) is 2. The molecular formula is C17H13NO2. The summed E-state index contributed by atoms with van der Waals surface area (Å²) in [4.78, 5) is 23.3. The molecule has 0 radical (unpaired) electrons. The van der Waals surface area contributed by atoms with Crippen LogP contribution in [0.25, 0.3) is 6.08 Å². The number of allylic oxidation sites excluding steroid dienone is 1. The Hall–Kier alpha value is -2.68. The molecule has 3 nitrogen and oxygen atoms in total. The highest BCUT2D eigenvalue weighted by Gasteiger charge is 2.28. The summed E-state index contributed by atoms with van der Waals surface area (Å²) < 4.78 is 0. The molecule has 2 amide bonds. The van der Waals surface area contributed by atoms with Gasteiger partial charge in [-0.05, 0) is 23.6 Å². The number of carbonyl (C=O) groups excluding carboxylic acids is 2. The molecule has 1 N–H and O–H groups in total. The van der Waals surface area contributed by atoms with Crippen LogP contribution in [-0.2, 0) is 6.42 Å². The zero-order valence-corrected chi connectivity index (χ0v) is 10.8. The Kier molecular flexibility index (Phi) is 3.17. The molecule has 0 aromatic heterocycles. The standard InChI is InChI=1S/C17H13NO2/c19-16-14-11-5-10-13(15(14)17(20)18-16)9-4-8-12-6-2-1-3-7-12/h1-8,10-11H,9H2,(H,18,19,20). The summed E-state index contributed by atoms with van der Waals surface area (Å²) in [5.41, 5.74) is 2.97. The highest BCUT2D eigenvalue weighted by Crippen LogP contribution is 2.20. The lowest BCUT2D eigenvalue weighted by Crippen LogP contribution is -2.20. The number of imide groups is 1. The maximum Gasteiger partial charge on any atom is 0.259 e. The lowest BCUT2D eigenvalue weighted by molar-refractivity contribution is 0.0879. The van der Waals surface area contributed by atoms with E-state index in [-0.39, 0.29) is 11.8 Å². The maximum atomic E-state index is 11.8. The number of rotatable bonds is 3. The first-order valence-electron chi connectivity index (χ1n) is 6.45. The summed E-state index contributed by atoms with van der Waals surface area (Å²) in [6.07, 6.45) is 4.63. The second-order valence-corrected chi connectivity index (χ2v) is 4.64. The van der Waals surface area contributed by atoms with Crippen LogP contribution in [-0.4, -0.2) is 11.8 Å². The Labute approximate surface area is 116 Å². The summed E-state index contributed by atoms with van der Waals surface area (Å²) in [7, 11) is 0. The zero-order chi connectivity index (χ0) is 13.9. The molecule has 20 heavy (non-hydrogen) atoms. The van der Waals surface area contributed by atoms with Gasteiger partial charge in [0.2, 0.25) is 0 Å². The van der Waals surface area contributed by atoms with Gasteiger partial charge in [-0.15, -0.1) is 0 Å². The fourth-order valence-electron chi connectivity index (χ4n) is 2.35. The van der Waals surface area contributed by atoms with Crippen molar-refractivity contribution in [2.75, 3.05) is 0 Å². The largest absolute Gasteiger partial charge is 0.288 e. The molecule has 0 saturated heterocycles. The van der Waals surface area contributed by atoms with Crippen LogP contribution in [0.5, 0.6) is 0 Å². The van der Waals surface area contributed by atoms with E-state index in [9.17, 15) is 9.59 Å². The van der Waals surface area contributed by atoms with Crippen LogP contribution in [0.15, 0.2) is 54.6 Å². The summed E-state index contributed by atoms with van der Waals surface area (Å²) in [6, 6.07) is 15.3. The van der Waals surface area contributed by atoms with E-state index in [0.29, 0.717) is 17.5 Å². The van der Waals surface area contributed by atoms with Crippen LogP contribution >= 0.6 is 0 Å². The third-order valence-electron chi connectivity index (χ3n) is 3.30. The van der Waals surface area contributed by atoms with Crippen LogP contribution in [0.3, 0.4) is 0 Å². The number of fused-ring (bicyclic) bond motifs is 1. The number of amides is 2. The second-order valence-electron chi connectivity index (χ2n) is 4.64. The number of benzene rings is 2. The molecule has 2 aromatic rings. The van der Waals surface area contributed by atoms with Crippen molar-refractivity contribution < 1.29 is 9.59 Å². The molecule has 0 spiro atoms. The summed E-state index contributed by atoms with van der Waals surface area (Å²) in [6.45, 7) is 0. The quantitative estimate of drug-likeness (QED) is 0.865. The van der Waals surface area contributed by atoms with Crippen LogP contribution < -0.4 is 5.32 Å². The molecule has 1 heterocycles. The molecular weight excluding hydrogens is 250 g/mol. The monoisotopic (exact) mass is 263 g/mol. The Balaban J connectivity index is 1.85. The Morgan fingerprint density at radius 2 is 1.70 bits per heavy atom. The fourth-order valence-corrected chi connectivity index (χ4v) is 2.35. The van der Waals surface area contributed by atoms with Gasteiger partial charge in [0, 0.05) is 0 Å². The van der Waals surface area contributed by atoms with Gasteiger partial charge >= 0.3 is 0 Å². The van der Waals surface area contributed by atoms with E-state index in [1.165, 1.54) is 0 Å². The number of hydrogen-bond donors (Lipinski definition) is 1. The zero-order valence-electron chi connectivity index (χ0n) is 10.8. The number of carbonyl (C=O) groups is 2. The van der Waals surface area contributed by atoms with E-state index in [1.54, 1.807) is 6.07 Å². The van der Waals surface area contributed by atoms with Gasteiger partial charge in [0.15, 0.2) is 0 Å². The van der Waals surface area contributed by atoms with Crippen molar-refractivity contribution in [3.8, 4) is 0 Å². The van der Waals surface area contributed by atoms with E-state index in [2.05, 4.69) is 5.32 Å². The van der Waals surface area contributed by atoms with Crippen molar-refractivity contribution >= 4 is 17.9 Å². The molecule has 1 aliphatic heterocycles. The Morgan fingerprint density at radius 1 is 0.900 bits per heavy atom. The lowest BCUT2D eigenvalue weighted by Gasteiger charge is -2.02. The molecule has 0 fully saturated rings. The van der Waals surface area contributed by atoms with Crippen molar-refractivity contribution in [3.63, 3.8) is 0 Å². The van der Waals surface area contributed by atoms with Crippen LogP contribution in [0, 0.1) is 0 Å². The normalized spacial score (nSPS) is 13.6. The van der Waals surface area contributed by atoms with Crippen molar-refractivity contribution in [2.24, 2.45) is 0 Å². The minimum absolute atomic E-state index is 0.297. The van der Waals surface area contributed by atoms with Gasteiger partial charge in [0.05, 0.1) is 11.1 Å². The summed E-state index contributed by atoms with van der Waals surface area (Å²) in [5.74, 6) is -0.604. The molecule has 1 aliphatic rings. The van der Waals surface area contributed by atoms with E-state index >= 15 is 0 Å². The molecule has 0 unspecified atom stereocenters. The van der Waals surface area contributed by atoms with Gasteiger partial charge in [-0.1, -0.05) is 54.6 Å². The average molecular weight is 263 g/mol. The predicted molar refractivity (Wildman–Crippen MR) is 77.4 cm³/mol. The van der Waals surface area contributed by atoms with Crippen LogP contribution in [0.2, 0.25) is 0 Å². The molecule has 3 heteroatoms. The van der Waals surface area contributed by atoms with Gasteiger partial charge in [-0.25, -0.2) is 0 Å². The van der Waals surface area contributed by atoms with Crippen molar-refractivity contribution in [2.45, 2.75) is 6.42 Å². The molecule has 0 saturated carbocycles. The van der Waals surface area contributed by atoms with Gasteiger partial charge in [0.1, 0.15) is 0 Å². The second kappa shape index (κ2) is 5.13. The summed E-state index contributed by atoms with van der Waals surface area (Å²) in [5, 5.41) is 2.33. The molecule has 0 bridgehead atoms. The minimum atomic E-state index is -0.307. The fraction of sp³-hybridized carbons (Fsp3) is 0.0588. The Bertz CT molecular complexity index is 702. The van der Waals surface area contributed by atoms with Gasteiger partial charge < -0.3 is 0 Å². The lowest BCUT2D eigenvalue weighted by atomic mass is 10.00. The topological polar surface area (TPSA) is 46.2 Å². The molecule has 0 atom stereocenters. The van der Waals surface area contributed by atoms with Crippen molar-refractivity contribution in [1.29, 1.82) is 0 Å². The first-order valence-corrected chi connectivity index (χ1v) is 6.45. The SMILES string of the molecule is O=C1NC(=O)c2c(CC=Cc3ccccc3)cccc21. The predicted octanol–water partition coefficient (Wildman–Crippen LogP) is 2.83. The van der Waals surface area contributed by atoms with Crippen molar-refractivity contribution in [3.05, 3.63) is 76.9 Å². The number of nitrogens with one attached hydrogen (secondary N) is 1. The minimum Gasteiger partial charge on any atom is -0.288 e. The molecule has 2 aromatic carbocycles. The Morgan fingerprint density at radius 3 is 2.50 bits per heavy atom. The average Bonchev–Trinajstić information content (AvgIpc) is 2.76. The van der Waals surface area contributed by atoms with E-state index in [1.807, 2.05) is 54.6 Å². The van der Waals surface area contributed by atoms with Gasteiger partial charge in [-0.3, -0.25) is 14.9 Å². The van der Waals surface area contributed by atoms with E-state index in [0.717, 1.165) is 11.1 Å². The maximum absolute atomic E-state index is 11.8. The van der Waals surface area contributed by atoms with E-state index < -0.39 is 0 Å². The smallest absolute Gasteiger partial charge is 0.259 e. The highest BCUT2D eigenvalue weighted by molar-refractivity contribution is 6.22. The summed E-state index contributed by atoms with van der Waals surface area (Å²) >= 11 is 0.